The van der Waals surface area contributed by atoms with Crippen LogP contribution >= 0.6 is 12.2 Å². The summed E-state index contributed by atoms with van der Waals surface area (Å²) in [5.41, 5.74) is 4.99. The summed E-state index contributed by atoms with van der Waals surface area (Å²) in [5, 5.41) is 9.07. The van der Waals surface area contributed by atoms with Crippen molar-refractivity contribution in [1.29, 1.82) is 0 Å². The third-order valence-corrected chi connectivity index (χ3v) is 4.83. The molecule has 2 N–H and O–H groups in total. The second kappa shape index (κ2) is 6.96. The van der Waals surface area contributed by atoms with Crippen molar-refractivity contribution < 1.29 is 4.39 Å². The van der Waals surface area contributed by atoms with Crippen LogP contribution in [0.15, 0.2) is 54.7 Å². The summed E-state index contributed by atoms with van der Waals surface area (Å²) in [6.45, 7) is 5.05. The molecule has 2 aromatic heterocycles. The van der Waals surface area contributed by atoms with Crippen molar-refractivity contribution in [3.8, 4) is 0 Å². The largest absolute Gasteiger partial charge is 0.339 e. The molecule has 0 spiro atoms. The predicted molar refractivity (Wildman–Crippen MR) is 114 cm³/mol. The first-order valence-corrected chi connectivity index (χ1v) is 9.19. The summed E-state index contributed by atoms with van der Waals surface area (Å²) >= 11 is 5.39. The molecule has 6 heteroatoms. The molecule has 0 saturated heterocycles. The highest BCUT2D eigenvalue weighted by molar-refractivity contribution is 7.80. The molecule has 0 aliphatic rings. The normalized spacial score (nSPS) is 11.1. The first kappa shape index (κ1) is 17.4. The quantitative estimate of drug-likeness (QED) is 0.464. The summed E-state index contributed by atoms with van der Waals surface area (Å²) in [7, 11) is 0. The van der Waals surface area contributed by atoms with Crippen molar-refractivity contribution in [2.24, 2.45) is 0 Å². The molecule has 0 fully saturated rings. The van der Waals surface area contributed by atoms with Crippen molar-refractivity contribution in [3.05, 3.63) is 66.2 Å². The summed E-state index contributed by atoms with van der Waals surface area (Å²) in [5.74, 6) is -0.276. The van der Waals surface area contributed by atoms with Crippen molar-refractivity contribution in [2.75, 3.05) is 10.6 Å². The lowest BCUT2D eigenvalue weighted by molar-refractivity contribution is 0.628. The van der Waals surface area contributed by atoms with Crippen LogP contribution < -0.4 is 10.6 Å². The summed E-state index contributed by atoms with van der Waals surface area (Å²) in [6, 6.07) is 14.3. The number of hydrogen-bond acceptors (Lipinski definition) is 2. The molecule has 0 aliphatic carbocycles. The fraction of sp³-hybridized carbons (Fsp3) is 0.143. The molecule has 0 saturated carbocycles. The monoisotopic (exact) mass is 378 g/mol. The predicted octanol–water partition coefficient (Wildman–Crippen LogP) is 5.47. The molecule has 4 nitrogen and oxygen atoms in total. The van der Waals surface area contributed by atoms with Crippen molar-refractivity contribution in [3.63, 3.8) is 0 Å². The Bertz CT molecular complexity index is 1150. The Hall–Kier alpha value is -2.99. The third kappa shape index (κ3) is 3.24. The molecule has 2 heterocycles. The second-order valence-corrected chi connectivity index (χ2v) is 6.76. The van der Waals surface area contributed by atoms with E-state index in [1.807, 2.05) is 19.2 Å². The van der Waals surface area contributed by atoms with Gasteiger partial charge in [-0.2, -0.15) is 0 Å². The summed E-state index contributed by atoms with van der Waals surface area (Å²) < 4.78 is 15.3. The highest BCUT2D eigenvalue weighted by Crippen LogP contribution is 2.32. The third-order valence-electron chi connectivity index (χ3n) is 4.63. The minimum absolute atomic E-state index is 0.276. The average molecular weight is 378 g/mol. The van der Waals surface area contributed by atoms with E-state index in [-0.39, 0.29) is 5.82 Å². The van der Waals surface area contributed by atoms with E-state index in [1.54, 1.807) is 12.1 Å². The molecular formula is C21H19FN4S. The van der Waals surface area contributed by atoms with Gasteiger partial charge in [-0.05, 0) is 74.6 Å². The number of pyridine rings is 1. The number of aryl methyl sites for hydroxylation is 2. The van der Waals surface area contributed by atoms with E-state index < -0.39 is 0 Å². The smallest absolute Gasteiger partial charge is 0.175 e. The highest BCUT2D eigenvalue weighted by atomic mass is 32.1. The minimum Gasteiger partial charge on any atom is -0.339 e. The van der Waals surface area contributed by atoms with Gasteiger partial charge in [0.05, 0.1) is 11.2 Å². The van der Waals surface area contributed by atoms with Crippen molar-refractivity contribution in [2.45, 2.75) is 20.4 Å². The van der Waals surface area contributed by atoms with E-state index >= 15 is 0 Å². The SMILES string of the molecule is CCn1c2ccc(NC(=S)Nc3ccc(F)cc3)cc2c2ccnc(C)c21. The van der Waals surface area contributed by atoms with Gasteiger partial charge < -0.3 is 15.2 Å². The van der Waals surface area contributed by atoms with Gasteiger partial charge in [0, 0.05) is 40.4 Å². The molecule has 0 aliphatic heterocycles. The van der Waals surface area contributed by atoms with Gasteiger partial charge in [-0.1, -0.05) is 0 Å². The number of rotatable bonds is 3. The molecule has 0 bridgehead atoms. The van der Waals surface area contributed by atoms with E-state index in [4.69, 9.17) is 12.2 Å². The Labute approximate surface area is 162 Å². The number of hydrogen-bond donors (Lipinski definition) is 2. The number of aromatic nitrogens is 2. The molecule has 0 unspecified atom stereocenters. The lowest BCUT2D eigenvalue weighted by Gasteiger charge is -2.11. The van der Waals surface area contributed by atoms with Gasteiger partial charge in [-0.25, -0.2) is 4.39 Å². The molecule has 0 amide bonds. The summed E-state index contributed by atoms with van der Waals surface area (Å²) in [6.07, 6.45) is 1.85. The fourth-order valence-corrected chi connectivity index (χ4v) is 3.69. The lowest BCUT2D eigenvalue weighted by atomic mass is 10.1. The Morgan fingerprint density at radius 3 is 2.48 bits per heavy atom. The Balaban J connectivity index is 1.67. The molecule has 0 radical (unpaired) electrons. The van der Waals surface area contributed by atoms with Crippen LogP contribution in [0.5, 0.6) is 0 Å². The lowest BCUT2D eigenvalue weighted by Crippen LogP contribution is -2.18. The van der Waals surface area contributed by atoms with E-state index in [1.165, 1.54) is 28.6 Å². The topological polar surface area (TPSA) is 41.9 Å². The number of thiocarbonyl (C=S) groups is 1. The van der Waals surface area contributed by atoms with E-state index in [0.29, 0.717) is 5.11 Å². The zero-order valence-electron chi connectivity index (χ0n) is 15.1. The number of nitrogens with zero attached hydrogens (tertiary/aromatic N) is 2. The summed E-state index contributed by atoms with van der Waals surface area (Å²) in [4.78, 5) is 4.44. The first-order valence-electron chi connectivity index (χ1n) is 8.78. The zero-order chi connectivity index (χ0) is 19.0. The molecule has 27 heavy (non-hydrogen) atoms. The van der Waals surface area contributed by atoms with Gasteiger partial charge in [0.25, 0.3) is 0 Å². The Morgan fingerprint density at radius 1 is 1.04 bits per heavy atom. The molecule has 4 aromatic rings. The van der Waals surface area contributed by atoms with Crippen LogP contribution in [-0.4, -0.2) is 14.7 Å². The van der Waals surface area contributed by atoms with Gasteiger partial charge in [-0.15, -0.1) is 0 Å². The van der Waals surface area contributed by atoms with E-state index in [2.05, 4.69) is 45.3 Å². The Morgan fingerprint density at radius 2 is 1.74 bits per heavy atom. The van der Waals surface area contributed by atoms with Crippen LogP contribution in [0.2, 0.25) is 0 Å². The van der Waals surface area contributed by atoms with Gasteiger partial charge in [0.15, 0.2) is 5.11 Å². The van der Waals surface area contributed by atoms with Gasteiger partial charge in [-0.3, -0.25) is 4.98 Å². The maximum Gasteiger partial charge on any atom is 0.175 e. The standard InChI is InChI=1S/C21H19FN4S/c1-3-26-19-9-8-16(12-18(19)17-10-11-23-13(2)20(17)26)25-21(27)24-15-6-4-14(22)5-7-15/h4-12H,3H2,1-2H3,(H2,24,25,27). The maximum absolute atomic E-state index is 13.0. The van der Waals surface area contributed by atoms with Crippen LogP contribution in [0.1, 0.15) is 12.6 Å². The van der Waals surface area contributed by atoms with Gasteiger partial charge in [0.1, 0.15) is 5.82 Å². The average Bonchev–Trinajstić information content (AvgIpc) is 2.98. The van der Waals surface area contributed by atoms with Crippen LogP contribution in [-0.2, 0) is 6.54 Å². The minimum atomic E-state index is -0.276. The van der Waals surface area contributed by atoms with E-state index in [9.17, 15) is 4.39 Å². The highest BCUT2D eigenvalue weighted by Gasteiger charge is 2.12. The second-order valence-electron chi connectivity index (χ2n) is 6.35. The van der Waals surface area contributed by atoms with Crippen molar-refractivity contribution in [1.82, 2.24) is 9.55 Å². The first-order chi connectivity index (χ1) is 13.1. The number of halogens is 1. The molecular weight excluding hydrogens is 359 g/mol. The maximum atomic E-state index is 13.0. The van der Waals surface area contributed by atoms with Crippen LogP contribution in [0.25, 0.3) is 21.8 Å². The molecule has 4 rings (SSSR count). The van der Waals surface area contributed by atoms with E-state index in [0.717, 1.165) is 29.0 Å². The van der Waals surface area contributed by atoms with Crippen molar-refractivity contribution >= 4 is 50.5 Å². The molecule has 136 valence electrons. The number of fused-ring (bicyclic) bond motifs is 3. The molecule has 0 atom stereocenters. The molecule has 2 aromatic carbocycles. The number of benzene rings is 2. The van der Waals surface area contributed by atoms with Crippen LogP contribution in [0, 0.1) is 12.7 Å². The van der Waals surface area contributed by atoms with Crippen LogP contribution in [0.4, 0.5) is 15.8 Å². The zero-order valence-corrected chi connectivity index (χ0v) is 15.9. The number of anilines is 2. The van der Waals surface area contributed by atoms with Crippen LogP contribution in [0.3, 0.4) is 0 Å². The Kier molecular flexibility index (Phi) is 4.49. The number of nitrogens with one attached hydrogen (secondary N) is 2. The van der Waals surface area contributed by atoms with Gasteiger partial charge in [0.2, 0.25) is 0 Å². The van der Waals surface area contributed by atoms with Gasteiger partial charge >= 0.3 is 0 Å². The fourth-order valence-electron chi connectivity index (χ4n) is 3.46.